The van der Waals surface area contributed by atoms with Gasteiger partial charge in [0, 0.05) is 23.6 Å². The number of allylic oxidation sites excluding steroid dienone is 1. The zero-order valence-corrected chi connectivity index (χ0v) is 13.4. The quantitative estimate of drug-likeness (QED) is 0.453. The SMILES string of the molecule is CN1C(=O)C2([N+](=O)[O-])C3C=CC(C3)C2c2cc([N+](=O)[O-])cc([N+](=O)[O-])c21. The second kappa shape index (κ2) is 4.84. The van der Waals surface area contributed by atoms with Crippen molar-refractivity contribution in [1.82, 2.24) is 0 Å². The molecule has 1 aromatic rings. The van der Waals surface area contributed by atoms with Crippen molar-refractivity contribution in [2.45, 2.75) is 17.9 Å². The van der Waals surface area contributed by atoms with Gasteiger partial charge in [-0.1, -0.05) is 12.2 Å². The molecule has 2 aliphatic carbocycles. The summed E-state index contributed by atoms with van der Waals surface area (Å²) in [5.74, 6) is -2.81. The van der Waals surface area contributed by atoms with Crippen molar-refractivity contribution in [3.8, 4) is 0 Å². The summed E-state index contributed by atoms with van der Waals surface area (Å²) in [6, 6.07) is 1.91. The Morgan fingerprint density at radius 3 is 2.38 bits per heavy atom. The van der Waals surface area contributed by atoms with Gasteiger partial charge in [0.1, 0.15) is 5.69 Å². The van der Waals surface area contributed by atoms with E-state index >= 15 is 0 Å². The highest BCUT2D eigenvalue weighted by molar-refractivity contribution is 6.06. The number of nitrogens with zero attached hydrogens (tertiary/aromatic N) is 4. The minimum Gasteiger partial charge on any atom is -0.303 e. The number of rotatable bonds is 3. The van der Waals surface area contributed by atoms with Crippen LogP contribution in [-0.2, 0) is 4.79 Å². The predicted octanol–water partition coefficient (Wildman–Crippen LogP) is 1.78. The number of amides is 1. The van der Waals surface area contributed by atoms with E-state index in [4.69, 9.17) is 0 Å². The molecule has 1 fully saturated rings. The molecule has 1 saturated carbocycles. The first-order valence-electron chi connectivity index (χ1n) is 7.79. The maximum Gasteiger partial charge on any atom is 0.312 e. The lowest BCUT2D eigenvalue weighted by Crippen LogP contribution is -2.62. The molecule has 11 heteroatoms. The van der Waals surface area contributed by atoms with Crippen LogP contribution in [0.5, 0.6) is 0 Å². The van der Waals surface area contributed by atoms with Crippen molar-refractivity contribution in [2.24, 2.45) is 11.8 Å². The van der Waals surface area contributed by atoms with E-state index in [9.17, 15) is 35.1 Å². The second-order valence-electron chi connectivity index (χ2n) is 6.73. The normalized spacial score (nSPS) is 30.9. The van der Waals surface area contributed by atoms with Crippen LogP contribution in [0, 0.1) is 42.2 Å². The van der Waals surface area contributed by atoms with Gasteiger partial charge < -0.3 is 4.90 Å². The Morgan fingerprint density at radius 1 is 1.12 bits per heavy atom. The van der Waals surface area contributed by atoms with Gasteiger partial charge in [-0.15, -0.1) is 0 Å². The first-order valence-corrected chi connectivity index (χ1v) is 7.79. The molecule has 4 rings (SSSR count). The third-order valence-corrected chi connectivity index (χ3v) is 5.72. The molecule has 0 aromatic heterocycles. The van der Waals surface area contributed by atoms with Crippen LogP contribution >= 0.6 is 0 Å². The van der Waals surface area contributed by atoms with Gasteiger partial charge in [0.05, 0.1) is 27.7 Å². The fourth-order valence-electron chi connectivity index (χ4n) is 4.79. The number of likely N-dealkylation sites (N-methyl/N-ethyl adjacent to an activating group) is 1. The molecule has 1 aliphatic heterocycles. The largest absolute Gasteiger partial charge is 0.312 e. The lowest BCUT2D eigenvalue weighted by molar-refractivity contribution is -0.561. The number of carbonyl (C=O) groups excluding carboxylic acids is 1. The topological polar surface area (TPSA) is 150 Å². The summed E-state index contributed by atoms with van der Waals surface area (Å²) in [6.07, 6.45) is 3.75. The van der Waals surface area contributed by atoms with E-state index in [1.54, 1.807) is 12.2 Å². The molecule has 0 N–H and O–H groups in total. The molecule has 2 bridgehead atoms. The highest BCUT2D eigenvalue weighted by Crippen LogP contribution is 2.62. The molecular weight excluding hydrogens is 348 g/mol. The molecule has 0 spiro atoms. The van der Waals surface area contributed by atoms with Gasteiger partial charge in [-0.3, -0.25) is 35.1 Å². The molecule has 134 valence electrons. The average molecular weight is 360 g/mol. The van der Waals surface area contributed by atoms with Gasteiger partial charge in [-0.2, -0.15) is 0 Å². The molecule has 1 heterocycles. The number of anilines is 1. The molecule has 1 aromatic carbocycles. The first kappa shape index (κ1) is 16.1. The van der Waals surface area contributed by atoms with E-state index < -0.39 is 49.4 Å². The van der Waals surface area contributed by atoms with Gasteiger partial charge in [-0.05, 0) is 12.3 Å². The zero-order valence-electron chi connectivity index (χ0n) is 13.4. The Balaban J connectivity index is 2.09. The highest BCUT2D eigenvalue weighted by Gasteiger charge is 2.74. The van der Waals surface area contributed by atoms with Gasteiger partial charge >= 0.3 is 11.4 Å². The second-order valence-corrected chi connectivity index (χ2v) is 6.73. The van der Waals surface area contributed by atoms with Crippen molar-refractivity contribution in [3.05, 3.63) is 60.2 Å². The Labute approximate surface area is 145 Å². The lowest BCUT2D eigenvalue weighted by atomic mass is 9.68. The highest BCUT2D eigenvalue weighted by atomic mass is 16.6. The molecule has 0 radical (unpaired) electrons. The van der Waals surface area contributed by atoms with Crippen LogP contribution in [0.4, 0.5) is 17.1 Å². The summed E-state index contributed by atoms with van der Waals surface area (Å²) in [4.78, 5) is 46.4. The molecule has 26 heavy (non-hydrogen) atoms. The maximum absolute atomic E-state index is 13.0. The minimum absolute atomic E-state index is 0.103. The van der Waals surface area contributed by atoms with E-state index in [0.717, 1.165) is 17.0 Å². The molecule has 11 nitrogen and oxygen atoms in total. The van der Waals surface area contributed by atoms with E-state index in [1.165, 1.54) is 7.05 Å². The average Bonchev–Trinajstić information content (AvgIpc) is 3.18. The predicted molar refractivity (Wildman–Crippen MR) is 86.4 cm³/mol. The smallest absolute Gasteiger partial charge is 0.303 e. The first-order chi connectivity index (χ1) is 12.2. The van der Waals surface area contributed by atoms with Crippen molar-refractivity contribution < 1.29 is 19.6 Å². The van der Waals surface area contributed by atoms with Crippen LogP contribution in [0.1, 0.15) is 17.9 Å². The standard InChI is InChI=1S/C15H12N4O7/c1-16-13-10(5-9(17(21)22)6-11(13)18(23)24)12-7-2-3-8(4-7)15(12,14(16)20)19(25)26/h2-3,5-8,12H,4H2,1H3. The van der Waals surface area contributed by atoms with E-state index in [-0.39, 0.29) is 17.2 Å². The van der Waals surface area contributed by atoms with Crippen LogP contribution in [0.15, 0.2) is 24.3 Å². The fourth-order valence-corrected chi connectivity index (χ4v) is 4.79. The summed E-state index contributed by atoms with van der Waals surface area (Å²) in [5, 5.41) is 34.7. The minimum atomic E-state index is -1.98. The number of nitro benzene ring substituents is 2. The molecule has 4 unspecified atom stereocenters. The monoisotopic (exact) mass is 360 g/mol. The molecule has 1 amide bonds. The summed E-state index contributed by atoms with van der Waals surface area (Å²) < 4.78 is 0. The van der Waals surface area contributed by atoms with Gasteiger partial charge in [0.15, 0.2) is 0 Å². The molecule has 3 aliphatic rings. The van der Waals surface area contributed by atoms with Gasteiger partial charge in [0.2, 0.25) is 0 Å². The van der Waals surface area contributed by atoms with Crippen molar-refractivity contribution in [1.29, 1.82) is 0 Å². The Kier molecular flexibility index (Phi) is 3.00. The Hall–Kier alpha value is -3.37. The Morgan fingerprint density at radius 2 is 1.81 bits per heavy atom. The Bertz CT molecular complexity index is 942. The van der Waals surface area contributed by atoms with E-state index in [2.05, 4.69) is 0 Å². The number of benzene rings is 1. The van der Waals surface area contributed by atoms with Crippen LogP contribution < -0.4 is 4.90 Å². The molecule has 0 saturated heterocycles. The summed E-state index contributed by atoms with van der Waals surface area (Å²) >= 11 is 0. The summed E-state index contributed by atoms with van der Waals surface area (Å²) in [7, 11) is 1.23. The summed E-state index contributed by atoms with van der Waals surface area (Å²) in [6.45, 7) is 0. The lowest BCUT2D eigenvalue weighted by Gasteiger charge is -2.40. The maximum atomic E-state index is 13.0. The van der Waals surface area contributed by atoms with Gasteiger partial charge in [0.25, 0.3) is 11.4 Å². The number of hydrogen-bond donors (Lipinski definition) is 0. The number of carbonyl (C=O) groups is 1. The fraction of sp³-hybridized carbons (Fsp3) is 0.400. The van der Waals surface area contributed by atoms with Crippen molar-refractivity contribution >= 4 is 23.0 Å². The summed E-state index contributed by atoms with van der Waals surface area (Å²) in [5.41, 5.74) is -3.10. The van der Waals surface area contributed by atoms with Crippen LogP contribution in [0.25, 0.3) is 0 Å². The van der Waals surface area contributed by atoms with Crippen LogP contribution in [0.2, 0.25) is 0 Å². The number of nitro groups is 3. The van der Waals surface area contributed by atoms with E-state index in [0.29, 0.717) is 6.42 Å². The molecular formula is C15H12N4O7. The van der Waals surface area contributed by atoms with Crippen LogP contribution in [-0.4, -0.2) is 33.3 Å². The molecule has 4 atom stereocenters. The van der Waals surface area contributed by atoms with Gasteiger partial charge in [-0.25, -0.2) is 0 Å². The van der Waals surface area contributed by atoms with E-state index in [1.807, 2.05) is 0 Å². The third-order valence-electron chi connectivity index (χ3n) is 5.72. The number of fused-ring (bicyclic) bond motifs is 7. The number of hydrogen-bond acceptors (Lipinski definition) is 7. The van der Waals surface area contributed by atoms with Crippen molar-refractivity contribution in [3.63, 3.8) is 0 Å². The third kappa shape index (κ3) is 1.64. The van der Waals surface area contributed by atoms with Crippen LogP contribution in [0.3, 0.4) is 0 Å². The van der Waals surface area contributed by atoms with Crippen molar-refractivity contribution in [2.75, 3.05) is 11.9 Å². The zero-order chi connectivity index (χ0) is 19.0. The number of non-ortho nitro benzene ring substituents is 1.